The third-order valence-corrected chi connectivity index (χ3v) is 6.05. The number of esters is 1. The number of fused-ring (bicyclic) bond motifs is 1. The van der Waals surface area contributed by atoms with Crippen LogP contribution >= 0.6 is 0 Å². The second-order valence-corrected chi connectivity index (χ2v) is 8.33. The molecule has 0 saturated carbocycles. The molecule has 1 aromatic carbocycles. The smallest absolute Gasteiger partial charge is 0.303 e. The van der Waals surface area contributed by atoms with Crippen molar-refractivity contribution in [1.82, 2.24) is 4.90 Å². The van der Waals surface area contributed by atoms with Crippen molar-refractivity contribution in [3.63, 3.8) is 0 Å². The zero-order valence-corrected chi connectivity index (χ0v) is 19.0. The molecular formula is C24H29NO9. The van der Waals surface area contributed by atoms with E-state index in [0.717, 1.165) is 17.7 Å². The van der Waals surface area contributed by atoms with Gasteiger partial charge in [0.1, 0.15) is 18.2 Å². The first-order chi connectivity index (χ1) is 16.5. The normalized spacial score (nSPS) is 31.3. The van der Waals surface area contributed by atoms with Gasteiger partial charge in [-0.3, -0.25) is 19.3 Å². The summed E-state index contributed by atoms with van der Waals surface area (Å²) in [6.07, 6.45) is -1.10. The lowest BCUT2D eigenvalue weighted by Crippen LogP contribution is -2.67. The molecule has 3 aliphatic rings. The SMILES string of the molecule is C=CCO[C@@H]1O[C@H](CO)[C@@H](OC2CCCCO2)[C@H](OC(C)=O)[C@H]1N1C(=O)c2ccccc2C1=O. The number of ether oxygens (including phenoxy) is 5. The van der Waals surface area contributed by atoms with Gasteiger partial charge in [0.2, 0.25) is 0 Å². The van der Waals surface area contributed by atoms with Crippen LogP contribution in [0, 0.1) is 0 Å². The fourth-order valence-corrected chi connectivity index (χ4v) is 4.57. The van der Waals surface area contributed by atoms with E-state index in [1.807, 2.05) is 0 Å². The van der Waals surface area contributed by atoms with Gasteiger partial charge < -0.3 is 28.8 Å². The molecule has 2 saturated heterocycles. The van der Waals surface area contributed by atoms with Gasteiger partial charge in [0.15, 0.2) is 18.7 Å². The first-order valence-corrected chi connectivity index (χ1v) is 11.4. The van der Waals surface area contributed by atoms with Crippen molar-refractivity contribution in [1.29, 1.82) is 0 Å². The fraction of sp³-hybridized carbons (Fsp3) is 0.542. The number of hydrogen-bond donors (Lipinski definition) is 1. The number of amides is 2. The molecule has 0 bridgehead atoms. The average molecular weight is 475 g/mol. The van der Waals surface area contributed by atoms with E-state index >= 15 is 0 Å². The molecule has 1 N–H and O–H groups in total. The Hall–Kier alpha value is -2.63. The molecule has 10 nitrogen and oxygen atoms in total. The van der Waals surface area contributed by atoms with Crippen molar-refractivity contribution in [3.8, 4) is 0 Å². The molecule has 10 heteroatoms. The molecule has 6 atom stereocenters. The van der Waals surface area contributed by atoms with Crippen LogP contribution in [0.5, 0.6) is 0 Å². The van der Waals surface area contributed by atoms with Crippen LogP contribution in [-0.4, -0.2) is 84.5 Å². The summed E-state index contributed by atoms with van der Waals surface area (Å²) in [5, 5.41) is 10.1. The Morgan fingerprint density at radius 3 is 2.47 bits per heavy atom. The molecule has 0 spiro atoms. The van der Waals surface area contributed by atoms with Crippen LogP contribution in [0.2, 0.25) is 0 Å². The predicted octanol–water partition coefficient (Wildman–Crippen LogP) is 1.41. The Morgan fingerprint density at radius 1 is 1.21 bits per heavy atom. The number of imide groups is 1. The highest BCUT2D eigenvalue weighted by Gasteiger charge is 2.56. The Morgan fingerprint density at radius 2 is 1.91 bits per heavy atom. The van der Waals surface area contributed by atoms with E-state index in [-0.39, 0.29) is 17.7 Å². The summed E-state index contributed by atoms with van der Waals surface area (Å²) in [5.74, 6) is -1.77. The Kier molecular flexibility index (Phi) is 7.74. The summed E-state index contributed by atoms with van der Waals surface area (Å²) < 4.78 is 29.2. The summed E-state index contributed by atoms with van der Waals surface area (Å²) in [6.45, 7) is 4.91. The maximum atomic E-state index is 13.3. The van der Waals surface area contributed by atoms with Crippen LogP contribution in [0.15, 0.2) is 36.9 Å². The summed E-state index contributed by atoms with van der Waals surface area (Å²) >= 11 is 0. The van der Waals surface area contributed by atoms with Crippen LogP contribution in [0.3, 0.4) is 0 Å². The number of benzene rings is 1. The number of carbonyl (C=O) groups excluding carboxylic acids is 3. The van der Waals surface area contributed by atoms with Crippen molar-refractivity contribution in [2.75, 3.05) is 19.8 Å². The van der Waals surface area contributed by atoms with Crippen molar-refractivity contribution < 1.29 is 43.2 Å². The van der Waals surface area contributed by atoms with Crippen LogP contribution in [-0.2, 0) is 28.5 Å². The van der Waals surface area contributed by atoms with Gasteiger partial charge in [-0.2, -0.15) is 0 Å². The van der Waals surface area contributed by atoms with Gasteiger partial charge in [0.25, 0.3) is 11.8 Å². The standard InChI is InChI=1S/C24H29NO9/c1-3-11-31-24-19(25-22(28)15-8-4-5-9-16(15)23(25)29)21(32-14(2)27)20(17(13-26)33-24)34-18-10-6-7-12-30-18/h3-5,8-9,17-21,24,26H,1,6-7,10-13H2,2H3/t17-,18?,19-,20-,21-,24-/m1/s1. The largest absolute Gasteiger partial charge is 0.457 e. The van der Waals surface area contributed by atoms with Crippen molar-refractivity contribution in [3.05, 3.63) is 48.0 Å². The van der Waals surface area contributed by atoms with Gasteiger partial charge in [-0.15, -0.1) is 6.58 Å². The van der Waals surface area contributed by atoms with Gasteiger partial charge >= 0.3 is 5.97 Å². The van der Waals surface area contributed by atoms with E-state index in [0.29, 0.717) is 13.0 Å². The topological polar surface area (TPSA) is 121 Å². The second-order valence-electron chi connectivity index (χ2n) is 8.33. The van der Waals surface area contributed by atoms with E-state index in [2.05, 4.69) is 6.58 Å². The number of aliphatic hydroxyl groups is 1. The lowest BCUT2D eigenvalue weighted by Gasteiger charge is -2.48. The van der Waals surface area contributed by atoms with Crippen LogP contribution in [0.25, 0.3) is 0 Å². The third-order valence-electron chi connectivity index (χ3n) is 6.05. The lowest BCUT2D eigenvalue weighted by molar-refractivity contribution is -0.313. The quantitative estimate of drug-likeness (QED) is 0.338. The van der Waals surface area contributed by atoms with Crippen molar-refractivity contribution >= 4 is 17.8 Å². The highest BCUT2D eigenvalue weighted by molar-refractivity contribution is 6.21. The molecule has 0 aliphatic carbocycles. The van der Waals surface area contributed by atoms with E-state index in [1.54, 1.807) is 24.3 Å². The molecule has 2 fully saturated rings. The molecular weight excluding hydrogens is 446 g/mol. The molecule has 184 valence electrons. The van der Waals surface area contributed by atoms with Crippen molar-refractivity contribution in [2.45, 2.75) is 63.1 Å². The average Bonchev–Trinajstić information content (AvgIpc) is 3.09. The van der Waals surface area contributed by atoms with Crippen molar-refractivity contribution in [2.24, 2.45) is 0 Å². The minimum absolute atomic E-state index is 0.0343. The van der Waals surface area contributed by atoms with Crippen LogP contribution < -0.4 is 0 Å². The van der Waals surface area contributed by atoms with E-state index < -0.39 is 61.3 Å². The van der Waals surface area contributed by atoms with E-state index in [9.17, 15) is 19.5 Å². The fourth-order valence-electron chi connectivity index (χ4n) is 4.57. The molecule has 2 amide bonds. The summed E-state index contributed by atoms with van der Waals surface area (Å²) in [6, 6.07) is 5.26. The highest BCUT2D eigenvalue weighted by atomic mass is 16.7. The predicted molar refractivity (Wildman–Crippen MR) is 117 cm³/mol. The maximum Gasteiger partial charge on any atom is 0.303 e. The van der Waals surface area contributed by atoms with Gasteiger partial charge in [-0.25, -0.2) is 0 Å². The molecule has 0 radical (unpaired) electrons. The zero-order chi connectivity index (χ0) is 24.2. The van der Waals surface area contributed by atoms with E-state index in [4.69, 9.17) is 23.7 Å². The number of aliphatic hydroxyl groups excluding tert-OH is 1. The lowest BCUT2D eigenvalue weighted by atomic mass is 9.94. The Labute approximate surface area is 197 Å². The second kappa shape index (κ2) is 10.7. The number of nitrogens with zero attached hydrogens (tertiary/aromatic N) is 1. The number of hydrogen-bond acceptors (Lipinski definition) is 9. The minimum Gasteiger partial charge on any atom is -0.457 e. The highest BCUT2D eigenvalue weighted by Crippen LogP contribution is 2.36. The molecule has 0 aromatic heterocycles. The number of carbonyl (C=O) groups is 3. The Bertz CT molecular complexity index is 894. The molecule has 1 aromatic rings. The zero-order valence-electron chi connectivity index (χ0n) is 19.0. The summed E-state index contributed by atoms with van der Waals surface area (Å²) in [7, 11) is 0. The maximum absolute atomic E-state index is 13.3. The Balaban J connectivity index is 1.73. The molecule has 1 unspecified atom stereocenters. The third kappa shape index (κ3) is 4.77. The first kappa shape index (κ1) is 24.5. The van der Waals surface area contributed by atoms with Gasteiger partial charge in [-0.1, -0.05) is 18.2 Å². The molecule has 34 heavy (non-hydrogen) atoms. The number of rotatable bonds is 8. The molecule has 3 heterocycles. The summed E-state index contributed by atoms with van der Waals surface area (Å²) in [5.41, 5.74) is 0.461. The summed E-state index contributed by atoms with van der Waals surface area (Å²) in [4.78, 5) is 39.8. The van der Waals surface area contributed by atoms with Crippen LogP contribution in [0.1, 0.15) is 46.9 Å². The molecule has 3 aliphatic heterocycles. The van der Waals surface area contributed by atoms with Crippen LogP contribution in [0.4, 0.5) is 0 Å². The van der Waals surface area contributed by atoms with E-state index in [1.165, 1.54) is 13.0 Å². The monoisotopic (exact) mass is 475 g/mol. The first-order valence-electron chi connectivity index (χ1n) is 11.4. The van der Waals surface area contributed by atoms with Gasteiger partial charge in [0.05, 0.1) is 24.3 Å². The van der Waals surface area contributed by atoms with Gasteiger partial charge in [-0.05, 0) is 31.4 Å². The molecule has 4 rings (SSSR count). The minimum atomic E-state index is -1.20. The van der Waals surface area contributed by atoms with Gasteiger partial charge in [0, 0.05) is 13.5 Å².